The van der Waals surface area contributed by atoms with Crippen molar-refractivity contribution >= 4 is 5.78 Å². The summed E-state index contributed by atoms with van der Waals surface area (Å²) in [7, 11) is 1.65. The molecular formula is C15H22O3. The fourth-order valence-corrected chi connectivity index (χ4v) is 2.00. The van der Waals surface area contributed by atoms with Crippen LogP contribution in [0.5, 0.6) is 5.75 Å². The van der Waals surface area contributed by atoms with Gasteiger partial charge in [-0.2, -0.15) is 0 Å². The lowest BCUT2D eigenvalue weighted by Gasteiger charge is -2.15. The maximum Gasteiger partial charge on any atom is 0.163 e. The summed E-state index contributed by atoms with van der Waals surface area (Å²) in [6, 6.07) is 3.85. The van der Waals surface area contributed by atoms with E-state index in [1.54, 1.807) is 7.11 Å². The summed E-state index contributed by atoms with van der Waals surface area (Å²) in [5.41, 5.74) is 2.72. The van der Waals surface area contributed by atoms with Crippen LogP contribution < -0.4 is 4.74 Å². The van der Waals surface area contributed by atoms with Crippen LogP contribution in [0.25, 0.3) is 0 Å². The molecule has 0 aromatic heterocycles. The van der Waals surface area contributed by atoms with Crippen molar-refractivity contribution in [3.63, 3.8) is 0 Å². The highest BCUT2D eigenvalue weighted by Gasteiger charge is 2.15. The van der Waals surface area contributed by atoms with Gasteiger partial charge in [0, 0.05) is 18.6 Å². The summed E-state index contributed by atoms with van der Waals surface area (Å²) in [5, 5.41) is 8.78. The Bertz CT molecular complexity index is 422. The van der Waals surface area contributed by atoms with E-state index in [0.717, 1.165) is 22.4 Å². The molecule has 100 valence electrons. The minimum atomic E-state index is 0.0536. The minimum Gasteiger partial charge on any atom is -0.496 e. The van der Waals surface area contributed by atoms with E-state index in [4.69, 9.17) is 9.84 Å². The number of hydrogen-bond acceptors (Lipinski definition) is 3. The van der Waals surface area contributed by atoms with Gasteiger partial charge in [-0.3, -0.25) is 4.79 Å². The van der Waals surface area contributed by atoms with Crippen molar-refractivity contribution in [2.45, 2.75) is 39.5 Å². The zero-order valence-electron chi connectivity index (χ0n) is 11.6. The predicted octanol–water partition coefficient (Wildman–Crippen LogP) is 3.08. The second kappa shape index (κ2) is 6.55. The SMILES string of the molecule is COc1cc(C)c(C(=O)CCCO)cc1C(C)C. The van der Waals surface area contributed by atoms with Crippen molar-refractivity contribution in [1.29, 1.82) is 0 Å². The number of ether oxygens (including phenoxy) is 1. The molecule has 0 aliphatic rings. The molecule has 0 aliphatic carbocycles. The topological polar surface area (TPSA) is 46.5 Å². The second-order valence-electron chi connectivity index (χ2n) is 4.81. The van der Waals surface area contributed by atoms with Crippen LogP contribution in [-0.4, -0.2) is 24.6 Å². The summed E-state index contributed by atoms with van der Waals surface area (Å²) in [5.74, 6) is 1.23. The number of methoxy groups -OCH3 is 1. The Kier molecular flexibility index (Phi) is 5.35. The van der Waals surface area contributed by atoms with Gasteiger partial charge in [0.25, 0.3) is 0 Å². The highest BCUT2D eigenvalue weighted by atomic mass is 16.5. The van der Waals surface area contributed by atoms with E-state index < -0.39 is 0 Å². The van der Waals surface area contributed by atoms with Crippen LogP contribution in [0, 0.1) is 6.92 Å². The number of carbonyl (C=O) groups excluding carboxylic acids is 1. The molecule has 1 aromatic rings. The van der Waals surface area contributed by atoms with Crippen LogP contribution in [-0.2, 0) is 0 Å². The molecule has 0 bridgehead atoms. The van der Waals surface area contributed by atoms with Crippen LogP contribution in [0.4, 0.5) is 0 Å². The van der Waals surface area contributed by atoms with Crippen LogP contribution in [0.1, 0.15) is 54.1 Å². The zero-order chi connectivity index (χ0) is 13.7. The van der Waals surface area contributed by atoms with Gasteiger partial charge in [-0.25, -0.2) is 0 Å². The van der Waals surface area contributed by atoms with Crippen molar-refractivity contribution in [2.75, 3.05) is 13.7 Å². The van der Waals surface area contributed by atoms with Crippen molar-refractivity contribution < 1.29 is 14.6 Å². The number of aryl methyl sites for hydroxylation is 1. The molecule has 0 amide bonds. The van der Waals surface area contributed by atoms with Crippen molar-refractivity contribution in [3.05, 3.63) is 28.8 Å². The van der Waals surface area contributed by atoms with Crippen LogP contribution in [0.3, 0.4) is 0 Å². The van der Waals surface area contributed by atoms with Crippen LogP contribution in [0.15, 0.2) is 12.1 Å². The molecule has 0 radical (unpaired) electrons. The molecule has 1 N–H and O–H groups in total. The lowest BCUT2D eigenvalue weighted by Crippen LogP contribution is -2.06. The van der Waals surface area contributed by atoms with E-state index in [9.17, 15) is 4.79 Å². The molecule has 0 saturated heterocycles. The monoisotopic (exact) mass is 250 g/mol. The molecule has 1 aromatic carbocycles. The molecule has 0 saturated carbocycles. The molecule has 3 nitrogen and oxygen atoms in total. The van der Waals surface area contributed by atoms with E-state index in [0.29, 0.717) is 18.8 Å². The van der Waals surface area contributed by atoms with Gasteiger partial charge in [-0.15, -0.1) is 0 Å². The summed E-state index contributed by atoms with van der Waals surface area (Å²) >= 11 is 0. The third kappa shape index (κ3) is 3.33. The standard InChI is InChI=1S/C15H22O3/c1-10(2)12-9-13(14(17)6-5-7-16)11(3)8-15(12)18-4/h8-10,16H,5-7H2,1-4H3. The van der Waals surface area contributed by atoms with Gasteiger partial charge in [0.2, 0.25) is 0 Å². The normalized spacial score (nSPS) is 10.8. The van der Waals surface area contributed by atoms with Crippen LogP contribution in [0.2, 0.25) is 0 Å². The molecule has 0 unspecified atom stereocenters. The maximum absolute atomic E-state index is 12.0. The predicted molar refractivity (Wildman–Crippen MR) is 72.5 cm³/mol. The summed E-state index contributed by atoms with van der Waals surface area (Å²) < 4.78 is 5.35. The van der Waals surface area contributed by atoms with E-state index in [1.807, 2.05) is 19.1 Å². The van der Waals surface area contributed by atoms with Crippen LogP contribution >= 0.6 is 0 Å². The Hall–Kier alpha value is -1.35. The Labute approximate surface area is 109 Å². The number of carbonyl (C=O) groups is 1. The zero-order valence-corrected chi connectivity index (χ0v) is 11.6. The van der Waals surface area contributed by atoms with Gasteiger partial charge < -0.3 is 9.84 Å². The Balaban J connectivity index is 3.13. The highest BCUT2D eigenvalue weighted by Crippen LogP contribution is 2.30. The molecule has 3 heteroatoms. The van der Waals surface area contributed by atoms with Gasteiger partial charge in [0.15, 0.2) is 5.78 Å². The summed E-state index contributed by atoms with van der Waals surface area (Å²) in [4.78, 5) is 12.0. The molecular weight excluding hydrogens is 228 g/mol. The Morgan fingerprint density at radius 2 is 2.06 bits per heavy atom. The first-order valence-corrected chi connectivity index (χ1v) is 6.33. The number of aliphatic hydroxyl groups excluding tert-OH is 1. The number of rotatable bonds is 6. The Morgan fingerprint density at radius 1 is 1.39 bits per heavy atom. The smallest absolute Gasteiger partial charge is 0.163 e. The quantitative estimate of drug-likeness (QED) is 0.789. The minimum absolute atomic E-state index is 0.0536. The lowest BCUT2D eigenvalue weighted by atomic mass is 9.93. The average Bonchev–Trinajstić information content (AvgIpc) is 2.34. The number of hydrogen-bond donors (Lipinski definition) is 1. The fraction of sp³-hybridized carbons (Fsp3) is 0.533. The van der Waals surface area contributed by atoms with Gasteiger partial charge in [0.1, 0.15) is 5.75 Å². The second-order valence-corrected chi connectivity index (χ2v) is 4.81. The van der Waals surface area contributed by atoms with Crippen molar-refractivity contribution in [2.24, 2.45) is 0 Å². The lowest BCUT2D eigenvalue weighted by molar-refractivity contribution is 0.0970. The molecule has 0 fully saturated rings. The third-order valence-corrected chi connectivity index (χ3v) is 3.06. The first-order valence-electron chi connectivity index (χ1n) is 6.33. The molecule has 0 aliphatic heterocycles. The Morgan fingerprint density at radius 3 is 2.56 bits per heavy atom. The highest BCUT2D eigenvalue weighted by molar-refractivity contribution is 5.97. The number of benzene rings is 1. The van der Waals surface area contributed by atoms with Gasteiger partial charge in [0.05, 0.1) is 7.11 Å². The van der Waals surface area contributed by atoms with E-state index in [1.165, 1.54) is 0 Å². The first-order chi connectivity index (χ1) is 8.51. The number of Topliss-reactive ketones (excluding diaryl/α,β-unsaturated/α-hetero) is 1. The summed E-state index contributed by atoms with van der Waals surface area (Å²) in [6.45, 7) is 6.13. The van der Waals surface area contributed by atoms with E-state index in [2.05, 4.69) is 13.8 Å². The molecule has 0 heterocycles. The first kappa shape index (κ1) is 14.7. The van der Waals surface area contributed by atoms with E-state index in [-0.39, 0.29) is 12.4 Å². The molecule has 18 heavy (non-hydrogen) atoms. The maximum atomic E-state index is 12.0. The third-order valence-electron chi connectivity index (χ3n) is 3.06. The van der Waals surface area contributed by atoms with Gasteiger partial charge >= 0.3 is 0 Å². The summed E-state index contributed by atoms with van der Waals surface area (Å²) in [6.07, 6.45) is 0.905. The van der Waals surface area contributed by atoms with Gasteiger partial charge in [-0.05, 0) is 42.5 Å². The molecule has 1 rings (SSSR count). The number of ketones is 1. The number of aliphatic hydroxyl groups is 1. The molecule has 0 spiro atoms. The van der Waals surface area contributed by atoms with Crippen molar-refractivity contribution in [3.8, 4) is 5.75 Å². The van der Waals surface area contributed by atoms with E-state index >= 15 is 0 Å². The molecule has 0 atom stereocenters. The average molecular weight is 250 g/mol. The van der Waals surface area contributed by atoms with Gasteiger partial charge in [-0.1, -0.05) is 13.8 Å². The van der Waals surface area contributed by atoms with Crippen molar-refractivity contribution in [1.82, 2.24) is 0 Å². The fourth-order valence-electron chi connectivity index (χ4n) is 2.00. The largest absolute Gasteiger partial charge is 0.496 e.